The average molecular weight is 404 g/mol. The van der Waals surface area contributed by atoms with Gasteiger partial charge in [0.25, 0.3) is 5.91 Å². The zero-order chi connectivity index (χ0) is 20.7. The summed E-state index contributed by atoms with van der Waals surface area (Å²) in [4.78, 5) is 23.9. The molecule has 0 aliphatic carbocycles. The van der Waals surface area contributed by atoms with Gasteiger partial charge < -0.3 is 10.1 Å². The number of rotatable bonds is 8. The van der Waals surface area contributed by atoms with Crippen molar-refractivity contribution in [3.63, 3.8) is 0 Å². The number of esters is 1. The van der Waals surface area contributed by atoms with Crippen molar-refractivity contribution >= 4 is 21.9 Å². The lowest BCUT2D eigenvalue weighted by Gasteiger charge is -2.14. The second-order valence-corrected chi connectivity index (χ2v) is 8.18. The predicted octanol–water partition coefficient (Wildman–Crippen LogP) is 1.83. The smallest absolute Gasteiger partial charge is 0.324 e. The van der Waals surface area contributed by atoms with Gasteiger partial charge in [0.2, 0.25) is 10.0 Å². The summed E-state index contributed by atoms with van der Waals surface area (Å²) in [5.41, 5.74) is 2.92. The first-order valence-corrected chi connectivity index (χ1v) is 10.2. The van der Waals surface area contributed by atoms with Crippen molar-refractivity contribution in [2.75, 3.05) is 6.61 Å². The van der Waals surface area contributed by atoms with Gasteiger partial charge in [0.05, 0.1) is 4.90 Å². The van der Waals surface area contributed by atoms with Crippen molar-refractivity contribution in [2.24, 2.45) is 0 Å². The Labute approximate surface area is 165 Å². The van der Waals surface area contributed by atoms with E-state index >= 15 is 0 Å². The maximum Gasteiger partial charge on any atom is 0.324 e. The van der Waals surface area contributed by atoms with Crippen molar-refractivity contribution in [1.82, 2.24) is 10.0 Å². The Bertz CT molecular complexity index is 939. The van der Waals surface area contributed by atoms with Gasteiger partial charge in [0.1, 0.15) is 6.04 Å². The van der Waals surface area contributed by atoms with E-state index in [-0.39, 0.29) is 4.90 Å². The van der Waals surface area contributed by atoms with Crippen LogP contribution in [0.4, 0.5) is 0 Å². The van der Waals surface area contributed by atoms with E-state index in [1.807, 2.05) is 38.1 Å². The third-order valence-corrected chi connectivity index (χ3v) is 5.66. The van der Waals surface area contributed by atoms with E-state index in [1.165, 1.54) is 19.1 Å². The lowest BCUT2D eigenvalue weighted by Crippen LogP contribution is -2.40. The molecule has 2 rings (SSSR count). The van der Waals surface area contributed by atoms with Crippen LogP contribution in [0.25, 0.3) is 0 Å². The van der Waals surface area contributed by atoms with Gasteiger partial charge in [0, 0.05) is 6.54 Å². The van der Waals surface area contributed by atoms with Gasteiger partial charge in [-0.3, -0.25) is 9.59 Å². The molecule has 0 aromatic heterocycles. The quantitative estimate of drug-likeness (QED) is 0.654. The molecule has 150 valence electrons. The van der Waals surface area contributed by atoms with Crippen LogP contribution in [0.5, 0.6) is 0 Å². The van der Waals surface area contributed by atoms with E-state index in [1.54, 1.807) is 12.1 Å². The first-order chi connectivity index (χ1) is 13.2. The van der Waals surface area contributed by atoms with E-state index in [9.17, 15) is 18.0 Å². The van der Waals surface area contributed by atoms with E-state index in [0.29, 0.717) is 6.54 Å². The first kappa shape index (κ1) is 21.6. The fourth-order valence-electron chi connectivity index (χ4n) is 2.38. The lowest BCUT2D eigenvalue weighted by atomic mass is 10.1. The molecule has 0 saturated heterocycles. The van der Waals surface area contributed by atoms with Gasteiger partial charge in [-0.25, -0.2) is 8.42 Å². The molecule has 0 radical (unpaired) electrons. The number of carbonyl (C=O) groups is 2. The molecule has 1 atom stereocenters. The van der Waals surface area contributed by atoms with Crippen LogP contribution in [-0.2, 0) is 30.9 Å². The Morgan fingerprint density at radius 1 is 1.04 bits per heavy atom. The van der Waals surface area contributed by atoms with Crippen LogP contribution in [0.3, 0.4) is 0 Å². The molecule has 0 fully saturated rings. The molecule has 2 aromatic carbocycles. The first-order valence-electron chi connectivity index (χ1n) is 8.76. The highest BCUT2D eigenvalue weighted by atomic mass is 32.2. The monoisotopic (exact) mass is 404 g/mol. The number of sulfonamides is 1. The van der Waals surface area contributed by atoms with Crippen LogP contribution in [0.2, 0.25) is 0 Å². The molecule has 0 saturated carbocycles. The lowest BCUT2D eigenvalue weighted by molar-refractivity contribution is -0.149. The van der Waals surface area contributed by atoms with Gasteiger partial charge >= 0.3 is 5.97 Å². The number of amides is 1. The molecule has 8 heteroatoms. The number of hydrogen-bond acceptors (Lipinski definition) is 5. The van der Waals surface area contributed by atoms with Gasteiger partial charge in [0.15, 0.2) is 6.61 Å². The van der Waals surface area contributed by atoms with E-state index in [4.69, 9.17) is 4.74 Å². The Kier molecular flexibility index (Phi) is 7.31. The number of aryl methyl sites for hydroxylation is 2. The molecule has 0 aliphatic rings. The fraction of sp³-hybridized carbons (Fsp3) is 0.300. The second kappa shape index (κ2) is 9.48. The van der Waals surface area contributed by atoms with Crippen LogP contribution in [0.1, 0.15) is 23.6 Å². The van der Waals surface area contributed by atoms with E-state index < -0.39 is 34.5 Å². The molecule has 2 aromatic rings. The Hall–Kier alpha value is -2.71. The summed E-state index contributed by atoms with van der Waals surface area (Å²) in [5.74, 6) is -1.30. The number of carbonyl (C=O) groups excluding carboxylic acids is 2. The van der Waals surface area contributed by atoms with Crippen molar-refractivity contribution in [3.05, 3.63) is 65.2 Å². The van der Waals surface area contributed by atoms with Gasteiger partial charge in [-0.1, -0.05) is 42.0 Å². The molecule has 0 heterocycles. The van der Waals surface area contributed by atoms with E-state index in [0.717, 1.165) is 16.7 Å². The predicted molar refractivity (Wildman–Crippen MR) is 105 cm³/mol. The zero-order valence-corrected chi connectivity index (χ0v) is 16.9. The zero-order valence-electron chi connectivity index (χ0n) is 16.1. The van der Waals surface area contributed by atoms with E-state index in [2.05, 4.69) is 10.0 Å². The molecule has 0 bridgehead atoms. The minimum Gasteiger partial charge on any atom is -0.454 e. The molecule has 28 heavy (non-hydrogen) atoms. The molecular formula is C20H24N2O5S. The maximum absolute atomic E-state index is 12.3. The van der Waals surface area contributed by atoms with Gasteiger partial charge in [-0.05, 0) is 44.0 Å². The highest BCUT2D eigenvalue weighted by Crippen LogP contribution is 2.11. The fourth-order valence-corrected chi connectivity index (χ4v) is 3.57. The number of nitrogens with one attached hydrogen (secondary N) is 2. The van der Waals surface area contributed by atoms with Crippen LogP contribution in [0, 0.1) is 13.8 Å². The summed E-state index contributed by atoms with van der Waals surface area (Å²) in [6.45, 7) is 4.97. The number of hydrogen-bond donors (Lipinski definition) is 2. The summed E-state index contributed by atoms with van der Waals surface area (Å²) in [5, 5.41) is 2.66. The van der Waals surface area contributed by atoms with Gasteiger partial charge in [-0.2, -0.15) is 4.72 Å². The van der Waals surface area contributed by atoms with Crippen LogP contribution in [0.15, 0.2) is 53.4 Å². The normalized spacial score (nSPS) is 12.2. The van der Waals surface area contributed by atoms with Crippen LogP contribution < -0.4 is 10.0 Å². The Morgan fingerprint density at radius 2 is 1.68 bits per heavy atom. The number of ether oxygens (including phenoxy) is 1. The average Bonchev–Trinajstić information content (AvgIpc) is 2.65. The van der Waals surface area contributed by atoms with Gasteiger partial charge in [-0.15, -0.1) is 0 Å². The highest BCUT2D eigenvalue weighted by molar-refractivity contribution is 7.89. The molecule has 0 aliphatic heterocycles. The maximum atomic E-state index is 12.3. The summed E-state index contributed by atoms with van der Waals surface area (Å²) >= 11 is 0. The Balaban J connectivity index is 1.82. The largest absolute Gasteiger partial charge is 0.454 e. The molecule has 0 spiro atoms. The molecule has 0 unspecified atom stereocenters. The third kappa shape index (κ3) is 6.17. The molecule has 2 N–H and O–H groups in total. The standard InChI is InChI=1S/C20H24N2O5S/c1-14-8-10-18(11-9-14)28(25,26)22-16(3)20(24)27-13-19(23)21-12-17-7-5-4-6-15(17)2/h4-11,16,22H,12-13H2,1-3H3,(H,21,23)/t16-/m0/s1. The highest BCUT2D eigenvalue weighted by Gasteiger charge is 2.23. The second-order valence-electron chi connectivity index (χ2n) is 6.47. The minimum atomic E-state index is -3.86. The SMILES string of the molecule is Cc1ccc(S(=O)(=O)N[C@@H](C)C(=O)OCC(=O)NCc2ccccc2C)cc1. The third-order valence-electron chi connectivity index (χ3n) is 4.10. The topological polar surface area (TPSA) is 102 Å². The van der Waals surface area contributed by atoms with Crippen molar-refractivity contribution in [2.45, 2.75) is 38.3 Å². The Morgan fingerprint density at radius 3 is 2.32 bits per heavy atom. The van der Waals surface area contributed by atoms with Crippen LogP contribution >= 0.6 is 0 Å². The summed E-state index contributed by atoms with van der Waals surface area (Å²) in [7, 11) is -3.86. The summed E-state index contributed by atoms with van der Waals surface area (Å²) < 4.78 is 31.7. The molecular weight excluding hydrogens is 380 g/mol. The van der Waals surface area contributed by atoms with Crippen molar-refractivity contribution < 1.29 is 22.7 Å². The summed E-state index contributed by atoms with van der Waals surface area (Å²) in [6.07, 6.45) is 0. The van der Waals surface area contributed by atoms with Crippen LogP contribution in [-0.4, -0.2) is 32.9 Å². The number of benzene rings is 2. The minimum absolute atomic E-state index is 0.0497. The molecule has 1 amide bonds. The molecule has 7 nitrogen and oxygen atoms in total. The van der Waals surface area contributed by atoms with Crippen molar-refractivity contribution in [1.29, 1.82) is 0 Å². The van der Waals surface area contributed by atoms with Crippen molar-refractivity contribution in [3.8, 4) is 0 Å². The summed E-state index contributed by atoms with van der Waals surface area (Å²) in [6, 6.07) is 12.7.